The van der Waals surface area contributed by atoms with Gasteiger partial charge in [-0.3, -0.25) is 4.98 Å². The fraction of sp³-hybridized carbons (Fsp3) is 0. The number of hydrogen-bond acceptors (Lipinski definition) is 3. The molecule has 0 bridgehead atoms. The summed E-state index contributed by atoms with van der Waals surface area (Å²) in [7, 11) is 0. The Hall–Kier alpha value is -0.850. The molecule has 3 nitrogen and oxygen atoms in total. The van der Waals surface area contributed by atoms with Crippen LogP contribution in [0, 0.1) is 0 Å². The third-order valence-electron chi connectivity index (χ3n) is 2.62. The van der Waals surface area contributed by atoms with Crippen LogP contribution in [0.4, 0.5) is 0 Å². The van der Waals surface area contributed by atoms with Crippen LogP contribution >= 0.6 is 47.8 Å². The molecule has 1 aromatic carbocycles. The molecule has 3 rings (SSSR count). The van der Waals surface area contributed by atoms with Crippen LogP contribution in [-0.4, -0.2) is 15.0 Å². The molecule has 0 amide bonds. The monoisotopic (exact) mass is 441 g/mol. The summed E-state index contributed by atoms with van der Waals surface area (Å²) in [5.74, 6) is 0.637. The maximum absolute atomic E-state index is 4.44. The van der Waals surface area contributed by atoms with Crippen molar-refractivity contribution in [2.45, 2.75) is 0 Å². The number of nitrogens with zero attached hydrogens (tertiary/aromatic N) is 3. The number of pyridine rings is 1. The molecule has 0 aliphatic rings. The zero-order valence-electron chi connectivity index (χ0n) is 9.44. The van der Waals surface area contributed by atoms with E-state index in [-0.39, 0.29) is 0 Å². The van der Waals surface area contributed by atoms with Crippen LogP contribution in [0.3, 0.4) is 0 Å². The molecule has 94 valence electrons. The Morgan fingerprint density at radius 1 is 0.895 bits per heavy atom. The molecular weight excluding hydrogens is 438 g/mol. The lowest BCUT2D eigenvalue weighted by atomic mass is 10.1. The molecule has 0 atom stereocenters. The summed E-state index contributed by atoms with van der Waals surface area (Å²) in [4.78, 5) is 13.2. The minimum absolute atomic E-state index is 0.637. The average molecular weight is 444 g/mol. The highest BCUT2D eigenvalue weighted by atomic mass is 79.9. The van der Waals surface area contributed by atoms with Crippen LogP contribution in [0.25, 0.3) is 22.3 Å². The Kier molecular flexibility index (Phi) is 3.64. The zero-order chi connectivity index (χ0) is 13.4. The second-order valence-corrected chi connectivity index (χ2v) is 6.31. The lowest BCUT2D eigenvalue weighted by molar-refractivity contribution is 1.12. The summed E-state index contributed by atoms with van der Waals surface area (Å²) in [5, 5.41) is 1.04. The van der Waals surface area contributed by atoms with Crippen molar-refractivity contribution < 1.29 is 0 Å². The molecule has 3 aromatic rings. The van der Waals surface area contributed by atoms with Crippen LogP contribution in [0.1, 0.15) is 0 Å². The highest BCUT2D eigenvalue weighted by molar-refractivity contribution is 9.11. The summed E-state index contributed by atoms with van der Waals surface area (Å²) in [6, 6.07) is 9.68. The maximum atomic E-state index is 4.44. The predicted molar refractivity (Wildman–Crippen MR) is 85.9 cm³/mol. The quantitative estimate of drug-likeness (QED) is 0.498. The van der Waals surface area contributed by atoms with E-state index in [1.165, 1.54) is 0 Å². The number of fused-ring (bicyclic) bond motifs is 1. The van der Waals surface area contributed by atoms with Gasteiger partial charge >= 0.3 is 0 Å². The van der Waals surface area contributed by atoms with E-state index in [9.17, 15) is 0 Å². The van der Waals surface area contributed by atoms with E-state index < -0.39 is 0 Å². The third-order valence-corrected chi connectivity index (χ3v) is 4.12. The highest BCUT2D eigenvalue weighted by Gasteiger charge is 2.11. The first-order chi connectivity index (χ1) is 9.15. The van der Waals surface area contributed by atoms with Gasteiger partial charge in [0.15, 0.2) is 5.82 Å². The van der Waals surface area contributed by atoms with Crippen molar-refractivity contribution in [3.63, 3.8) is 0 Å². The minimum Gasteiger partial charge on any atom is -0.255 e. The first-order valence-electron chi connectivity index (χ1n) is 5.39. The van der Waals surface area contributed by atoms with Gasteiger partial charge in [0.1, 0.15) is 9.21 Å². The molecule has 0 aliphatic carbocycles. The first kappa shape index (κ1) is 13.1. The Morgan fingerprint density at radius 2 is 1.63 bits per heavy atom. The van der Waals surface area contributed by atoms with Crippen molar-refractivity contribution in [3.8, 4) is 11.4 Å². The second kappa shape index (κ2) is 5.26. The Morgan fingerprint density at radius 3 is 2.37 bits per heavy atom. The normalized spacial score (nSPS) is 10.9. The van der Waals surface area contributed by atoms with Crippen LogP contribution in [-0.2, 0) is 0 Å². The standard InChI is InChI=1S/C13H6Br3N3/c14-9-4-3-8(12-7(9)2-1-5-17-12)13-18-10(15)6-11(16)19-13/h1-6H. The molecule has 6 heteroatoms. The largest absolute Gasteiger partial charge is 0.255 e. The highest BCUT2D eigenvalue weighted by Crippen LogP contribution is 2.31. The van der Waals surface area contributed by atoms with Gasteiger partial charge in [0.05, 0.1) is 5.52 Å². The first-order valence-corrected chi connectivity index (χ1v) is 7.77. The van der Waals surface area contributed by atoms with E-state index in [2.05, 4.69) is 62.7 Å². The van der Waals surface area contributed by atoms with E-state index in [1.807, 2.05) is 24.3 Å². The van der Waals surface area contributed by atoms with E-state index in [0.717, 1.165) is 30.1 Å². The lowest BCUT2D eigenvalue weighted by Gasteiger charge is -2.07. The number of benzene rings is 1. The van der Waals surface area contributed by atoms with Crippen molar-refractivity contribution in [2.24, 2.45) is 0 Å². The number of aromatic nitrogens is 3. The van der Waals surface area contributed by atoms with E-state index in [0.29, 0.717) is 5.82 Å². The molecule has 2 heterocycles. The van der Waals surface area contributed by atoms with Gasteiger partial charge < -0.3 is 0 Å². The number of rotatable bonds is 1. The van der Waals surface area contributed by atoms with Gasteiger partial charge in [0, 0.05) is 27.7 Å². The zero-order valence-corrected chi connectivity index (χ0v) is 14.2. The molecule has 0 saturated carbocycles. The van der Waals surface area contributed by atoms with Gasteiger partial charge in [-0.05, 0) is 50.1 Å². The van der Waals surface area contributed by atoms with Gasteiger partial charge in [-0.2, -0.15) is 0 Å². The number of hydrogen-bond donors (Lipinski definition) is 0. The van der Waals surface area contributed by atoms with Crippen molar-refractivity contribution in [1.82, 2.24) is 15.0 Å². The fourth-order valence-corrected chi connectivity index (χ4v) is 3.36. The fourth-order valence-electron chi connectivity index (χ4n) is 1.83. The lowest BCUT2D eigenvalue weighted by Crippen LogP contribution is -1.93. The average Bonchev–Trinajstić information content (AvgIpc) is 2.38. The molecule has 0 N–H and O–H groups in total. The summed E-state index contributed by atoms with van der Waals surface area (Å²) in [5.41, 5.74) is 1.78. The molecular formula is C13H6Br3N3. The maximum Gasteiger partial charge on any atom is 0.163 e. The number of halogens is 3. The minimum atomic E-state index is 0.637. The smallest absolute Gasteiger partial charge is 0.163 e. The van der Waals surface area contributed by atoms with Gasteiger partial charge in [0.2, 0.25) is 0 Å². The topological polar surface area (TPSA) is 38.7 Å². The van der Waals surface area contributed by atoms with Crippen molar-refractivity contribution >= 4 is 58.7 Å². The third kappa shape index (κ3) is 2.57. The molecule has 19 heavy (non-hydrogen) atoms. The van der Waals surface area contributed by atoms with E-state index in [1.54, 1.807) is 12.3 Å². The molecule has 0 saturated heterocycles. The van der Waals surface area contributed by atoms with Crippen LogP contribution in [0.2, 0.25) is 0 Å². The molecule has 0 aliphatic heterocycles. The van der Waals surface area contributed by atoms with Gasteiger partial charge in [0.25, 0.3) is 0 Å². The van der Waals surface area contributed by atoms with Crippen molar-refractivity contribution in [2.75, 3.05) is 0 Å². The van der Waals surface area contributed by atoms with Gasteiger partial charge in [-0.15, -0.1) is 0 Å². The Balaban J connectivity index is 2.34. The van der Waals surface area contributed by atoms with Gasteiger partial charge in [-0.25, -0.2) is 9.97 Å². The summed E-state index contributed by atoms with van der Waals surface area (Å²) >= 11 is 10.3. The predicted octanol–water partition coefficient (Wildman–Crippen LogP) is 4.98. The van der Waals surface area contributed by atoms with Crippen LogP contribution < -0.4 is 0 Å². The SMILES string of the molecule is Brc1cc(Br)nc(-c2ccc(Br)c3cccnc23)n1. The van der Waals surface area contributed by atoms with Crippen molar-refractivity contribution in [3.05, 3.63) is 50.2 Å². The second-order valence-electron chi connectivity index (χ2n) is 3.83. The van der Waals surface area contributed by atoms with Gasteiger partial charge in [-0.1, -0.05) is 22.0 Å². The van der Waals surface area contributed by atoms with Crippen LogP contribution in [0.15, 0.2) is 50.2 Å². The Bertz CT molecular complexity index is 754. The molecule has 2 aromatic heterocycles. The summed E-state index contributed by atoms with van der Waals surface area (Å²) < 4.78 is 2.47. The van der Waals surface area contributed by atoms with E-state index >= 15 is 0 Å². The Labute approximate surface area is 134 Å². The summed E-state index contributed by atoms with van der Waals surface area (Å²) in [6.07, 6.45) is 1.77. The molecule has 0 unspecified atom stereocenters. The van der Waals surface area contributed by atoms with Crippen molar-refractivity contribution in [1.29, 1.82) is 0 Å². The van der Waals surface area contributed by atoms with Crippen LogP contribution in [0.5, 0.6) is 0 Å². The molecule has 0 fully saturated rings. The molecule has 0 spiro atoms. The molecule has 0 radical (unpaired) electrons. The summed E-state index contributed by atoms with van der Waals surface area (Å²) in [6.45, 7) is 0. The van der Waals surface area contributed by atoms with E-state index in [4.69, 9.17) is 0 Å².